The first-order chi connectivity index (χ1) is 53.0. The second-order valence-electron chi connectivity index (χ2n) is 19.7. The third-order valence-electron chi connectivity index (χ3n) is 13.6. The van der Waals surface area contributed by atoms with Crippen LogP contribution in [0.2, 0.25) is 0 Å². The fraction of sp³-hybridized carbons (Fsp3) is 0.0649. The zero-order chi connectivity index (χ0) is 82.2. The number of hydrogen-bond acceptors (Lipinski definition) is 2. The molecule has 0 spiro atoms. The minimum Gasteiger partial charge on any atom is -0.510 e. The van der Waals surface area contributed by atoms with Crippen LogP contribution in [0.1, 0.15) is 74.4 Å². The molecule has 6 heteroatoms. The second-order valence-corrected chi connectivity index (χ2v) is 19.7. The van der Waals surface area contributed by atoms with E-state index < -0.39 is 215 Å². The topological polar surface area (TPSA) is 35.9 Å². The SMILES string of the molecule is [2H]c1c([2H])c([2H])c(-c2cc(-c3c([2H])c(-c4c([2H])c([2H])c([2H])c([2H])c4[2H])c([2H])c(-c4c([2H])c([2H])c([2H])c([2H])c4[2H])c3[2H])c(-[n+]3[c-]n(-c4[c-]c(Oc5[c-]c6c(cc5)c5ccccc5n6-c5cc(C([2H])([2H])[2H])c(-c6c([2H])c([2H])c([2H])c([2H])c6[2H])cn5)ccc4)c4cc(-c5c([2H])c([2H])c([2H])c([2H])c5[2H])ccc43)c(C(C)(C)C)c2)c([2H])c1[2H].[Pt]. The van der Waals surface area contributed by atoms with Gasteiger partial charge in [0.25, 0.3) is 6.33 Å². The van der Waals surface area contributed by atoms with Crippen molar-refractivity contribution in [2.24, 2.45) is 0 Å². The molecule has 0 saturated heterocycles. The molecule has 3 aromatic heterocycles. The van der Waals surface area contributed by atoms with E-state index in [4.69, 9.17) is 34.9 Å². The number of hydrogen-bond donors (Lipinski definition) is 0. The molecule has 0 bridgehead atoms. The van der Waals surface area contributed by atoms with Gasteiger partial charge < -0.3 is 13.9 Å². The summed E-state index contributed by atoms with van der Waals surface area (Å²) in [6.45, 7) is 2.24. The molecular weight excluding hydrogens is 1190 g/mol. The molecule has 5 nitrogen and oxygen atoms in total. The molecule has 0 atom stereocenters. The fourth-order valence-electron chi connectivity index (χ4n) is 9.85. The van der Waals surface area contributed by atoms with E-state index in [1.807, 2.05) is 6.07 Å². The zero-order valence-electron chi connectivity index (χ0n) is 74.8. The third kappa shape index (κ3) is 10.1. The van der Waals surface area contributed by atoms with E-state index >= 15 is 0 Å². The normalized spacial score (nSPS) is 16.9. The molecule has 0 aliphatic rings. The van der Waals surface area contributed by atoms with E-state index in [0.29, 0.717) is 21.8 Å². The van der Waals surface area contributed by atoms with Gasteiger partial charge in [0, 0.05) is 54.0 Å². The van der Waals surface area contributed by atoms with E-state index in [9.17, 15) is 12.3 Å². The molecule has 402 valence electrons. The van der Waals surface area contributed by atoms with Crippen LogP contribution in [0.4, 0.5) is 0 Å². The summed E-state index contributed by atoms with van der Waals surface area (Å²) in [5.41, 5.74) is -5.89. The van der Waals surface area contributed by atoms with Gasteiger partial charge in [-0.3, -0.25) is 4.57 Å². The summed E-state index contributed by atoms with van der Waals surface area (Å²) in [6.07, 6.45) is 4.51. The Morgan fingerprint density at radius 2 is 1.10 bits per heavy atom. The number of rotatable bonds is 11. The Labute approximate surface area is 542 Å². The number of pyridine rings is 1. The van der Waals surface area contributed by atoms with Crippen LogP contribution in [0.15, 0.2) is 266 Å². The fourth-order valence-corrected chi connectivity index (χ4v) is 9.85. The molecule has 11 aromatic carbocycles. The molecule has 14 rings (SSSR count). The smallest absolute Gasteiger partial charge is 0.268 e. The van der Waals surface area contributed by atoms with Gasteiger partial charge in [-0.15, -0.1) is 29.7 Å². The first-order valence-electron chi connectivity index (χ1n) is 40.9. The van der Waals surface area contributed by atoms with Crippen molar-refractivity contribution in [2.75, 3.05) is 0 Å². The molecule has 0 unspecified atom stereocenters. The van der Waals surface area contributed by atoms with Crippen LogP contribution in [-0.2, 0) is 26.5 Å². The standard InChI is InChI=1S/C77H56N4O.Pt/c1-52-41-75(78-50-69(52)57-31-18-9-19-32-57)81-71-36-21-20-35-66(71)67-39-38-65(49-73(67)81)82-64-34-22-33-63(48-64)79-51-80(72-40-37-58(47-74(72)79)53-23-10-5-11-24-53)76-68(45-61(46-70(76)77(2,3)4)56-29-16-8-17-30-56)62-43-59(54-25-12-6-13-26-54)42-60(44-62)55-27-14-7-15-28-55;/h5-47,50H,1-4H3;/q-2;/i1D3,5D,6D,7D,8D,9D,10D,11D,12D,13D,14D,15D,16D,17D,18D,19D,23D,24D,25D,26D,27D,28D,29D,30D,31D,32D,42D,43D,44D;. The second kappa shape index (κ2) is 22.0. The van der Waals surface area contributed by atoms with Crippen LogP contribution in [0.3, 0.4) is 0 Å². The van der Waals surface area contributed by atoms with E-state index in [0.717, 1.165) is 6.20 Å². The van der Waals surface area contributed by atoms with Crippen molar-refractivity contribution < 1.29 is 72.9 Å². The Morgan fingerprint density at radius 3 is 1.73 bits per heavy atom. The first kappa shape index (κ1) is 28.3. The van der Waals surface area contributed by atoms with E-state index in [-0.39, 0.29) is 105 Å². The van der Waals surface area contributed by atoms with E-state index in [2.05, 4.69) is 23.4 Å². The number of benzene rings is 11. The average molecular weight is 1280 g/mol. The van der Waals surface area contributed by atoms with E-state index in [1.165, 1.54) is 51.6 Å². The number of aromatic nitrogens is 4. The Hall–Kier alpha value is -9.67. The van der Waals surface area contributed by atoms with Crippen molar-refractivity contribution in [3.8, 4) is 95.5 Å². The van der Waals surface area contributed by atoms with Crippen LogP contribution in [0, 0.1) is 25.3 Å². The predicted octanol–water partition coefficient (Wildman–Crippen LogP) is 19.2. The number of imidazole rings is 1. The first-order valence-corrected chi connectivity index (χ1v) is 25.4. The molecule has 0 radical (unpaired) electrons. The van der Waals surface area contributed by atoms with Gasteiger partial charge in [-0.2, -0.15) is 18.2 Å². The van der Waals surface area contributed by atoms with Crippen molar-refractivity contribution >= 4 is 32.8 Å². The molecule has 0 amide bonds. The van der Waals surface area contributed by atoms with Crippen LogP contribution in [-0.4, -0.2) is 14.1 Å². The minimum atomic E-state index is -2.93. The number of nitrogens with zero attached hydrogens (tertiary/aromatic N) is 4. The Bertz CT molecular complexity index is 6320. The van der Waals surface area contributed by atoms with Gasteiger partial charge in [0.1, 0.15) is 5.82 Å². The number of para-hydroxylation sites is 1. The maximum atomic E-state index is 10.5. The maximum Gasteiger partial charge on any atom is 0.268 e. The quantitative estimate of drug-likeness (QED) is 0.0956. The van der Waals surface area contributed by atoms with Crippen molar-refractivity contribution in [3.05, 3.63) is 296 Å². The molecular formula is C77H56N4OPt-2. The van der Waals surface area contributed by atoms with Crippen molar-refractivity contribution in [2.45, 2.75) is 33.0 Å². The van der Waals surface area contributed by atoms with Crippen molar-refractivity contribution in [1.29, 1.82) is 0 Å². The Kier molecular flexibility index (Phi) is 7.51. The molecule has 3 heterocycles. The van der Waals surface area contributed by atoms with Crippen molar-refractivity contribution in [3.63, 3.8) is 0 Å². The summed E-state index contributed by atoms with van der Waals surface area (Å²) in [6, 6.07) is 7.66. The van der Waals surface area contributed by atoms with Gasteiger partial charge in [0.15, 0.2) is 0 Å². The number of ether oxygens (including phenoxy) is 1. The number of aryl methyl sites for hydroxylation is 1. The molecule has 14 aromatic rings. The Morgan fingerprint density at radius 1 is 0.506 bits per heavy atom. The molecule has 0 fully saturated rings. The third-order valence-corrected chi connectivity index (χ3v) is 13.6. The molecule has 83 heavy (non-hydrogen) atoms. The largest absolute Gasteiger partial charge is 0.510 e. The van der Waals surface area contributed by atoms with Gasteiger partial charge in [0.2, 0.25) is 0 Å². The zero-order valence-corrected chi connectivity index (χ0v) is 46.0. The molecule has 0 N–H and O–H groups in total. The summed E-state index contributed by atoms with van der Waals surface area (Å²) in [5.74, 6) is 0.0634. The summed E-state index contributed by atoms with van der Waals surface area (Å²) < 4.78 is 289. The minimum absolute atomic E-state index is 0. The van der Waals surface area contributed by atoms with Gasteiger partial charge in [-0.25, -0.2) is 4.98 Å². The molecule has 0 saturated carbocycles. The predicted molar refractivity (Wildman–Crippen MR) is 336 cm³/mol. The van der Waals surface area contributed by atoms with Gasteiger partial charge >= 0.3 is 0 Å². The van der Waals surface area contributed by atoms with Crippen LogP contribution < -0.4 is 9.30 Å². The summed E-state index contributed by atoms with van der Waals surface area (Å²) >= 11 is 0. The molecule has 0 aliphatic heterocycles. The van der Waals surface area contributed by atoms with Gasteiger partial charge in [0.05, 0.1) is 55.1 Å². The van der Waals surface area contributed by atoms with Gasteiger partial charge in [-0.05, 0) is 138 Å². The summed E-state index contributed by atoms with van der Waals surface area (Å²) in [7, 11) is 0. The average Bonchev–Trinajstić information content (AvgIpc) is 1.49. The van der Waals surface area contributed by atoms with Gasteiger partial charge in [-0.1, -0.05) is 214 Å². The monoisotopic (exact) mass is 1280 g/mol. The summed E-state index contributed by atoms with van der Waals surface area (Å²) in [4.78, 5) is 4.67. The summed E-state index contributed by atoms with van der Waals surface area (Å²) in [5, 5.41) is 1.25. The van der Waals surface area contributed by atoms with Crippen molar-refractivity contribution in [1.82, 2.24) is 14.1 Å². The van der Waals surface area contributed by atoms with Crippen LogP contribution in [0.5, 0.6) is 11.5 Å². The maximum absolute atomic E-state index is 10.5. The van der Waals surface area contributed by atoms with Crippen LogP contribution in [0.25, 0.3) is 117 Å². The number of fused-ring (bicyclic) bond motifs is 4. The van der Waals surface area contributed by atoms with E-state index in [1.54, 1.807) is 67.8 Å². The van der Waals surface area contributed by atoms with Crippen LogP contribution >= 0.6 is 0 Å². The molecule has 0 aliphatic carbocycles. The Balaban J connectivity index is 0.0000113.